The summed E-state index contributed by atoms with van der Waals surface area (Å²) in [7, 11) is -3.33. The van der Waals surface area contributed by atoms with E-state index < -0.39 is 21.7 Å². The molecular formula is C20H18N2O5S2. The Balaban J connectivity index is 1.57. The van der Waals surface area contributed by atoms with E-state index in [1.165, 1.54) is 24.3 Å². The van der Waals surface area contributed by atoms with Crippen molar-refractivity contribution >= 4 is 44.7 Å². The number of amides is 3. The molecule has 0 aromatic heterocycles. The first kappa shape index (κ1) is 20.8. The fraction of sp³-hybridized carbons (Fsp3) is 0.150. The second-order valence-electron chi connectivity index (χ2n) is 6.30. The van der Waals surface area contributed by atoms with E-state index in [-0.39, 0.29) is 28.8 Å². The van der Waals surface area contributed by atoms with Gasteiger partial charge in [0, 0.05) is 24.9 Å². The molecule has 0 bridgehead atoms. The normalized spacial score (nSPS) is 15.8. The molecule has 0 radical (unpaired) electrons. The molecule has 7 nitrogen and oxygen atoms in total. The minimum absolute atomic E-state index is 0.0456. The summed E-state index contributed by atoms with van der Waals surface area (Å²) in [4.78, 5) is 38.3. The Kier molecular flexibility index (Phi) is 6.19. The lowest BCUT2D eigenvalue weighted by atomic mass is 10.2. The average Bonchev–Trinajstić information content (AvgIpc) is 2.95. The third kappa shape index (κ3) is 5.12. The van der Waals surface area contributed by atoms with E-state index in [2.05, 4.69) is 5.32 Å². The van der Waals surface area contributed by atoms with E-state index in [0.717, 1.165) is 28.5 Å². The van der Waals surface area contributed by atoms with Crippen LogP contribution in [0.1, 0.15) is 15.9 Å². The third-order valence-corrected chi connectivity index (χ3v) is 6.17. The molecule has 2 aromatic rings. The quantitative estimate of drug-likeness (QED) is 0.707. The highest BCUT2D eigenvalue weighted by molar-refractivity contribution is 8.18. The highest BCUT2D eigenvalue weighted by Gasteiger charge is 2.34. The molecule has 150 valence electrons. The summed E-state index contributed by atoms with van der Waals surface area (Å²) >= 11 is 0.865. The Morgan fingerprint density at radius 3 is 2.34 bits per heavy atom. The number of carbonyl (C=O) groups is 3. The predicted molar refractivity (Wildman–Crippen MR) is 111 cm³/mol. The maximum absolute atomic E-state index is 12.4. The van der Waals surface area contributed by atoms with Gasteiger partial charge in [-0.2, -0.15) is 0 Å². The lowest BCUT2D eigenvalue weighted by molar-refractivity contribution is -0.122. The van der Waals surface area contributed by atoms with Crippen LogP contribution in [-0.4, -0.2) is 49.7 Å². The number of hydrogen-bond donors (Lipinski definition) is 1. The number of benzene rings is 2. The van der Waals surface area contributed by atoms with Gasteiger partial charge in [0.2, 0.25) is 0 Å². The van der Waals surface area contributed by atoms with Gasteiger partial charge in [-0.15, -0.1) is 0 Å². The number of hydrogen-bond acceptors (Lipinski definition) is 6. The summed E-state index contributed by atoms with van der Waals surface area (Å²) < 4.78 is 22.9. The van der Waals surface area contributed by atoms with Crippen LogP contribution in [0.2, 0.25) is 0 Å². The summed E-state index contributed by atoms with van der Waals surface area (Å²) in [6.07, 6.45) is 2.75. The minimum atomic E-state index is -3.33. The second-order valence-corrected chi connectivity index (χ2v) is 9.31. The fourth-order valence-electron chi connectivity index (χ4n) is 2.63. The number of nitrogens with zero attached hydrogens (tertiary/aromatic N) is 1. The monoisotopic (exact) mass is 430 g/mol. The molecule has 0 atom stereocenters. The van der Waals surface area contributed by atoms with Crippen LogP contribution in [0.3, 0.4) is 0 Å². The summed E-state index contributed by atoms with van der Waals surface area (Å²) in [6, 6.07) is 14.8. The number of sulfone groups is 1. The van der Waals surface area contributed by atoms with E-state index in [1.807, 2.05) is 30.3 Å². The number of rotatable bonds is 6. The molecule has 0 aliphatic carbocycles. The van der Waals surface area contributed by atoms with Crippen molar-refractivity contribution in [3.8, 4) is 0 Å². The molecule has 2 aromatic carbocycles. The Morgan fingerprint density at radius 2 is 1.72 bits per heavy atom. The van der Waals surface area contributed by atoms with Gasteiger partial charge in [0.25, 0.3) is 17.1 Å². The van der Waals surface area contributed by atoms with Gasteiger partial charge in [-0.25, -0.2) is 8.42 Å². The Bertz CT molecular complexity index is 1080. The van der Waals surface area contributed by atoms with Crippen LogP contribution < -0.4 is 5.32 Å². The maximum Gasteiger partial charge on any atom is 0.293 e. The first-order valence-electron chi connectivity index (χ1n) is 8.64. The standard InChI is InChI=1S/C20H18N2O5S2/c1-29(26,27)16-9-7-15(8-10-16)18(23)21-11-12-22-19(24)17(28-20(22)25)13-14-5-3-2-4-6-14/h2-10,13H,11-12H2,1H3,(H,21,23)/b17-13-. The van der Waals surface area contributed by atoms with Crippen molar-refractivity contribution in [2.75, 3.05) is 19.3 Å². The van der Waals surface area contributed by atoms with Crippen LogP contribution in [0.4, 0.5) is 4.79 Å². The summed E-state index contributed by atoms with van der Waals surface area (Å²) in [5, 5.41) is 2.24. The highest BCUT2D eigenvalue weighted by Crippen LogP contribution is 2.31. The largest absolute Gasteiger partial charge is 0.350 e. The molecule has 0 unspecified atom stereocenters. The van der Waals surface area contributed by atoms with Gasteiger partial charge in [-0.05, 0) is 47.7 Å². The molecule has 3 amide bonds. The molecule has 9 heteroatoms. The third-order valence-electron chi connectivity index (χ3n) is 4.14. The molecule has 1 saturated heterocycles. The van der Waals surface area contributed by atoms with Gasteiger partial charge >= 0.3 is 0 Å². The maximum atomic E-state index is 12.4. The van der Waals surface area contributed by atoms with Crippen molar-refractivity contribution in [3.05, 3.63) is 70.6 Å². The van der Waals surface area contributed by atoms with Crippen molar-refractivity contribution < 1.29 is 22.8 Å². The molecule has 29 heavy (non-hydrogen) atoms. The Morgan fingerprint density at radius 1 is 1.07 bits per heavy atom. The lowest BCUT2D eigenvalue weighted by Crippen LogP contribution is -2.37. The number of nitrogens with one attached hydrogen (secondary N) is 1. The minimum Gasteiger partial charge on any atom is -0.350 e. The number of thioether (sulfide) groups is 1. The van der Waals surface area contributed by atoms with Crippen LogP contribution in [0.15, 0.2) is 64.4 Å². The van der Waals surface area contributed by atoms with E-state index in [0.29, 0.717) is 4.91 Å². The summed E-state index contributed by atoms with van der Waals surface area (Å²) in [5.41, 5.74) is 1.11. The zero-order valence-corrected chi connectivity index (χ0v) is 17.1. The zero-order valence-electron chi connectivity index (χ0n) is 15.5. The predicted octanol–water partition coefficient (Wildman–Crippen LogP) is 2.56. The van der Waals surface area contributed by atoms with Crippen LogP contribution >= 0.6 is 11.8 Å². The van der Waals surface area contributed by atoms with Gasteiger partial charge < -0.3 is 5.32 Å². The van der Waals surface area contributed by atoms with Crippen molar-refractivity contribution in [2.24, 2.45) is 0 Å². The molecule has 0 saturated carbocycles. The van der Waals surface area contributed by atoms with Crippen LogP contribution in [0.25, 0.3) is 6.08 Å². The van der Waals surface area contributed by atoms with E-state index >= 15 is 0 Å². The highest BCUT2D eigenvalue weighted by atomic mass is 32.2. The molecular weight excluding hydrogens is 412 g/mol. The van der Waals surface area contributed by atoms with Gasteiger partial charge in [0.1, 0.15) is 0 Å². The van der Waals surface area contributed by atoms with Crippen molar-refractivity contribution in [2.45, 2.75) is 4.90 Å². The average molecular weight is 431 g/mol. The number of imide groups is 1. The van der Waals surface area contributed by atoms with Crippen LogP contribution in [0, 0.1) is 0 Å². The van der Waals surface area contributed by atoms with Crippen LogP contribution in [-0.2, 0) is 14.6 Å². The fourth-order valence-corrected chi connectivity index (χ4v) is 4.13. The summed E-state index contributed by atoms with van der Waals surface area (Å²) in [5.74, 6) is -0.813. The molecule has 1 N–H and O–H groups in total. The Hall–Kier alpha value is -2.91. The summed E-state index contributed by atoms with van der Waals surface area (Å²) in [6.45, 7) is 0.132. The lowest BCUT2D eigenvalue weighted by Gasteiger charge is -2.13. The molecule has 0 spiro atoms. The smallest absolute Gasteiger partial charge is 0.293 e. The van der Waals surface area contributed by atoms with E-state index in [1.54, 1.807) is 6.08 Å². The molecule has 3 rings (SSSR count). The van der Waals surface area contributed by atoms with Crippen molar-refractivity contribution in [3.63, 3.8) is 0 Å². The van der Waals surface area contributed by atoms with Gasteiger partial charge in [-0.1, -0.05) is 30.3 Å². The van der Waals surface area contributed by atoms with E-state index in [4.69, 9.17) is 0 Å². The van der Waals surface area contributed by atoms with Gasteiger partial charge in [-0.3, -0.25) is 19.3 Å². The molecule has 1 heterocycles. The molecule has 1 aliphatic rings. The van der Waals surface area contributed by atoms with Gasteiger partial charge in [0.15, 0.2) is 9.84 Å². The SMILES string of the molecule is CS(=O)(=O)c1ccc(C(=O)NCCN2C(=O)S/C(=C\c3ccccc3)C2=O)cc1. The van der Waals surface area contributed by atoms with Crippen molar-refractivity contribution in [1.82, 2.24) is 10.2 Å². The van der Waals surface area contributed by atoms with Gasteiger partial charge in [0.05, 0.1) is 9.80 Å². The van der Waals surface area contributed by atoms with Crippen molar-refractivity contribution in [1.29, 1.82) is 0 Å². The molecule has 1 aliphatic heterocycles. The molecule has 1 fully saturated rings. The van der Waals surface area contributed by atoms with Crippen LogP contribution in [0.5, 0.6) is 0 Å². The first-order valence-corrected chi connectivity index (χ1v) is 11.4. The Labute approximate surface area is 172 Å². The number of carbonyl (C=O) groups excluding carboxylic acids is 3. The topological polar surface area (TPSA) is 101 Å². The second kappa shape index (κ2) is 8.62. The zero-order chi connectivity index (χ0) is 21.0. The first-order chi connectivity index (χ1) is 13.8. The van der Waals surface area contributed by atoms with E-state index in [9.17, 15) is 22.8 Å².